The molecule has 0 aliphatic rings. The summed E-state index contributed by atoms with van der Waals surface area (Å²) in [4.78, 5) is 0. The van der Waals surface area contributed by atoms with Crippen LogP contribution in [-0.4, -0.2) is 15.9 Å². The van der Waals surface area contributed by atoms with Gasteiger partial charge in [-0.15, -0.1) is 0 Å². The third-order valence-corrected chi connectivity index (χ3v) is 3.57. The van der Waals surface area contributed by atoms with Crippen LogP contribution in [0.1, 0.15) is 45.7 Å². The van der Waals surface area contributed by atoms with E-state index in [4.69, 9.17) is 4.43 Å². The van der Waals surface area contributed by atoms with Crippen LogP contribution < -0.4 is 0 Å². The average molecular weight is 234 g/mol. The minimum atomic E-state index is 0.221. The molecule has 0 heterocycles. The van der Waals surface area contributed by atoms with Crippen molar-refractivity contribution < 1.29 is 4.43 Å². The van der Waals surface area contributed by atoms with Gasteiger partial charge in [-0.05, 0) is 36.4 Å². The van der Waals surface area contributed by atoms with Gasteiger partial charge in [-0.2, -0.15) is 0 Å². The third-order valence-electron chi connectivity index (χ3n) is 2.41. The number of hydrogen-bond donors (Lipinski definition) is 0. The fourth-order valence-electron chi connectivity index (χ4n) is 1.69. The molecule has 2 radical (unpaired) electrons. The van der Waals surface area contributed by atoms with Crippen molar-refractivity contribution in [3.05, 3.63) is 35.4 Å². The maximum absolute atomic E-state index is 5.64. The molecule has 0 amide bonds. The van der Waals surface area contributed by atoms with Crippen molar-refractivity contribution in [2.24, 2.45) is 0 Å². The second kappa shape index (κ2) is 5.64. The zero-order chi connectivity index (χ0) is 12.2. The fraction of sp³-hybridized carbons (Fsp3) is 0.571. The summed E-state index contributed by atoms with van der Waals surface area (Å²) in [6.45, 7) is 11.0. The molecule has 2 heteroatoms. The Morgan fingerprint density at radius 1 is 1.19 bits per heavy atom. The van der Waals surface area contributed by atoms with Gasteiger partial charge >= 0.3 is 0 Å². The predicted octanol–water partition coefficient (Wildman–Crippen LogP) is 3.53. The van der Waals surface area contributed by atoms with Gasteiger partial charge in [-0.25, -0.2) is 0 Å². The molecule has 0 atom stereocenters. The molecule has 0 aliphatic carbocycles. The lowest BCUT2D eigenvalue weighted by Crippen LogP contribution is -2.17. The van der Waals surface area contributed by atoms with Crippen LogP contribution in [0.15, 0.2) is 24.3 Å². The van der Waals surface area contributed by atoms with Gasteiger partial charge in [0, 0.05) is 6.10 Å². The molecule has 16 heavy (non-hydrogen) atoms. The van der Waals surface area contributed by atoms with Gasteiger partial charge in [-0.3, -0.25) is 0 Å². The molecule has 1 nitrogen and oxygen atoms in total. The van der Waals surface area contributed by atoms with Crippen LogP contribution in [0.4, 0.5) is 0 Å². The minimum Gasteiger partial charge on any atom is -0.415 e. The first-order valence-corrected chi connectivity index (χ1v) is 6.99. The lowest BCUT2D eigenvalue weighted by Gasteiger charge is -2.22. The molecule has 1 rings (SSSR count). The van der Waals surface area contributed by atoms with E-state index in [1.807, 2.05) is 0 Å². The van der Waals surface area contributed by atoms with Crippen LogP contribution in [0.25, 0.3) is 0 Å². The summed E-state index contributed by atoms with van der Waals surface area (Å²) in [7, 11) is 0.565. The molecule has 1 aromatic carbocycles. The van der Waals surface area contributed by atoms with E-state index < -0.39 is 0 Å². The SMILES string of the molecule is CC(C)O[Si]Cc1ccccc1C(C)(C)C. The second-order valence-corrected chi connectivity index (χ2v) is 6.27. The van der Waals surface area contributed by atoms with E-state index in [9.17, 15) is 0 Å². The highest BCUT2D eigenvalue weighted by molar-refractivity contribution is 6.26. The summed E-state index contributed by atoms with van der Waals surface area (Å²) in [5.74, 6) is 0. The van der Waals surface area contributed by atoms with Crippen molar-refractivity contribution in [2.75, 3.05) is 0 Å². The summed E-state index contributed by atoms with van der Waals surface area (Å²) in [6.07, 6.45) is 0.333. The van der Waals surface area contributed by atoms with Crippen molar-refractivity contribution in [3.63, 3.8) is 0 Å². The minimum absolute atomic E-state index is 0.221. The van der Waals surface area contributed by atoms with Gasteiger partial charge in [0.15, 0.2) is 0 Å². The Balaban J connectivity index is 2.72. The zero-order valence-electron chi connectivity index (χ0n) is 11.0. The monoisotopic (exact) mass is 234 g/mol. The Morgan fingerprint density at radius 2 is 1.81 bits per heavy atom. The summed E-state index contributed by atoms with van der Waals surface area (Å²) >= 11 is 0. The molecular formula is C14H22OSi. The smallest absolute Gasteiger partial charge is 0.234 e. The molecule has 0 unspecified atom stereocenters. The largest absolute Gasteiger partial charge is 0.415 e. The van der Waals surface area contributed by atoms with Crippen LogP contribution in [0, 0.1) is 0 Å². The fourth-order valence-corrected chi connectivity index (χ4v) is 2.57. The van der Waals surface area contributed by atoms with Gasteiger partial charge < -0.3 is 4.43 Å². The van der Waals surface area contributed by atoms with E-state index >= 15 is 0 Å². The van der Waals surface area contributed by atoms with Crippen LogP contribution >= 0.6 is 0 Å². The molecule has 0 fully saturated rings. The molecule has 0 saturated carbocycles. The summed E-state index contributed by atoms with van der Waals surface area (Å²) in [5.41, 5.74) is 3.09. The van der Waals surface area contributed by atoms with E-state index in [0.717, 1.165) is 6.04 Å². The van der Waals surface area contributed by atoms with Crippen LogP contribution in [0.3, 0.4) is 0 Å². The van der Waals surface area contributed by atoms with E-state index in [-0.39, 0.29) is 5.41 Å². The molecule has 1 aromatic rings. The van der Waals surface area contributed by atoms with Crippen LogP contribution in [0.2, 0.25) is 0 Å². The third kappa shape index (κ3) is 4.10. The average Bonchev–Trinajstić information content (AvgIpc) is 2.16. The van der Waals surface area contributed by atoms with Crippen molar-refractivity contribution in [2.45, 2.75) is 52.2 Å². The lowest BCUT2D eigenvalue weighted by atomic mass is 9.84. The second-order valence-electron chi connectivity index (χ2n) is 5.39. The van der Waals surface area contributed by atoms with Gasteiger partial charge in [0.1, 0.15) is 0 Å². The first-order chi connectivity index (χ1) is 7.41. The molecular weight excluding hydrogens is 212 g/mol. The molecule has 88 valence electrons. The molecule has 0 spiro atoms. The Labute approximate surface area is 102 Å². The zero-order valence-corrected chi connectivity index (χ0v) is 12.0. The Kier molecular flexibility index (Phi) is 4.75. The van der Waals surface area contributed by atoms with Gasteiger partial charge in [0.05, 0.1) is 0 Å². The van der Waals surface area contributed by atoms with Crippen LogP contribution in [-0.2, 0) is 15.9 Å². The van der Waals surface area contributed by atoms with Crippen molar-refractivity contribution >= 4 is 9.76 Å². The maximum atomic E-state index is 5.64. The summed E-state index contributed by atoms with van der Waals surface area (Å²) in [6, 6.07) is 9.72. The van der Waals surface area contributed by atoms with Gasteiger partial charge in [0.25, 0.3) is 0 Å². The Bertz CT molecular complexity index is 326. The quantitative estimate of drug-likeness (QED) is 0.724. The highest BCUT2D eigenvalue weighted by Gasteiger charge is 2.17. The topological polar surface area (TPSA) is 9.23 Å². The normalized spacial score (nSPS) is 12.1. The predicted molar refractivity (Wildman–Crippen MR) is 70.8 cm³/mol. The van der Waals surface area contributed by atoms with E-state index in [0.29, 0.717) is 15.9 Å². The maximum Gasteiger partial charge on any atom is 0.234 e. The van der Waals surface area contributed by atoms with Crippen LogP contribution in [0.5, 0.6) is 0 Å². The highest BCUT2D eigenvalue weighted by atomic mass is 28.2. The number of benzene rings is 1. The molecule has 0 aliphatic heterocycles. The van der Waals surface area contributed by atoms with E-state index in [1.165, 1.54) is 11.1 Å². The summed E-state index contributed by atoms with van der Waals surface area (Å²) in [5, 5.41) is 0. The first-order valence-electron chi connectivity index (χ1n) is 5.88. The molecule has 0 N–H and O–H groups in total. The molecule has 0 saturated heterocycles. The van der Waals surface area contributed by atoms with Crippen molar-refractivity contribution in [1.82, 2.24) is 0 Å². The van der Waals surface area contributed by atoms with Crippen molar-refractivity contribution in [1.29, 1.82) is 0 Å². The van der Waals surface area contributed by atoms with Crippen molar-refractivity contribution in [3.8, 4) is 0 Å². The van der Waals surface area contributed by atoms with Gasteiger partial charge in [-0.1, -0.05) is 45.0 Å². The highest BCUT2D eigenvalue weighted by Crippen LogP contribution is 2.25. The Hall–Kier alpha value is -0.603. The standard InChI is InChI=1S/C14H22OSi/c1-11(2)15-16-10-12-8-6-7-9-13(12)14(3,4)5/h6-9,11H,10H2,1-5H3. The summed E-state index contributed by atoms with van der Waals surface area (Å²) < 4.78 is 5.64. The van der Waals surface area contributed by atoms with E-state index in [1.54, 1.807) is 0 Å². The number of hydrogen-bond acceptors (Lipinski definition) is 1. The lowest BCUT2D eigenvalue weighted by molar-refractivity contribution is 0.255. The molecule has 0 bridgehead atoms. The first kappa shape index (κ1) is 13.5. The number of rotatable bonds is 4. The molecule has 0 aromatic heterocycles. The van der Waals surface area contributed by atoms with E-state index in [2.05, 4.69) is 58.9 Å². The Morgan fingerprint density at radius 3 is 2.38 bits per heavy atom. The van der Waals surface area contributed by atoms with Gasteiger partial charge in [0.2, 0.25) is 9.76 Å².